The van der Waals surface area contributed by atoms with Gasteiger partial charge in [0.15, 0.2) is 5.96 Å². The molecule has 0 bridgehead atoms. The van der Waals surface area contributed by atoms with Gasteiger partial charge in [-0.1, -0.05) is 6.92 Å². The summed E-state index contributed by atoms with van der Waals surface area (Å²) in [6.45, 7) is 13.0. The van der Waals surface area contributed by atoms with E-state index >= 15 is 0 Å². The standard InChI is InChI=1S/C18H32N6O/c1-3-19-18(20-13-16(2)14-24-7-4-6-21-24)23-8-5-17(15-23)22-9-11-25-12-10-22/h4,6-7,16-17H,3,5,8-15H2,1-2H3,(H,19,20). The van der Waals surface area contributed by atoms with Crippen molar-refractivity contribution in [3.05, 3.63) is 18.5 Å². The molecule has 2 atom stereocenters. The van der Waals surface area contributed by atoms with Crippen LogP contribution in [0, 0.1) is 5.92 Å². The molecular weight excluding hydrogens is 316 g/mol. The van der Waals surface area contributed by atoms with Crippen LogP contribution in [0.15, 0.2) is 23.5 Å². The molecule has 2 unspecified atom stereocenters. The predicted molar refractivity (Wildman–Crippen MR) is 99.7 cm³/mol. The zero-order valence-corrected chi connectivity index (χ0v) is 15.6. The van der Waals surface area contributed by atoms with Gasteiger partial charge in [-0.05, 0) is 25.3 Å². The lowest BCUT2D eigenvalue weighted by Gasteiger charge is -2.32. The lowest BCUT2D eigenvalue weighted by molar-refractivity contribution is 0.0195. The molecule has 2 fully saturated rings. The van der Waals surface area contributed by atoms with Crippen molar-refractivity contribution in [2.24, 2.45) is 10.9 Å². The van der Waals surface area contributed by atoms with Crippen LogP contribution in [0.1, 0.15) is 20.3 Å². The van der Waals surface area contributed by atoms with E-state index in [-0.39, 0.29) is 0 Å². The van der Waals surface area contributed by atoms with Crippen molar-refractivity contribution in [3.8, 4) is 0 Å². The largest absolute Gasteiger partial charge is 0.379 e. The SMILES string of the molecule is CCNC(=NCC(C)Cn1cccn1)N1CCC(N2CCOCC2)C1. The Morgan fingerprint density at radius 2 is 2.20 bits per heavy atom. The molecule has 25 heavy (non-hydrogen) atoms. The van der Waals surface area contributed by atoms with Gasteiger partial charge in [-0.25, -0.2) is 0 Å². The molecule has 0 saturated carbocycles. The number of hydrogen-bond donors (Lipinski definition) is 1. The summed E-state index contributed by atoms with van der Waals surface area (Å²) in [5.41, 5.74) is 0. The first-order chi connectivity index (χ1) is 12.3. The highest BCUT2D eigenvalue weighted by Crippen LogP contribution is 2.17. The van der Waals surface area contributed by atoms with E-state index in [1.54, 1.807) is 0 Å². The Hall–Kier alpha value is -1.60. The van der Waals surface area contributed by atoms with Crippen LogP contribution in [0.2, 0.25) is 0 Å². The quantitative estimate of drug-likeness (QED) is 0.611. The van der Waals surface area contributed by atoms with Crippen molar-refractivity contribution in [1.29, 1.82) is 0 Å². The fourth-order valence-electron chi connectivity index (χ4n) is 3.63. The van der Waals surface area contributed by atoms with Gasteiger partial charge in [0.25, 0.3) is 0 Å². The second-order valence-corrected chi connectivity index (χ2v) is 7.06. The summed E-state index contributed by atoms with van der Waals surface area (Å²) in [4.78, 5) is 9.90. The zero-order chi connectivity index (χ0) is 17.5. The molecule has 3 heterocycles. The van der Waals surface area contributed by atoms with Crippen LogP contribution in [0.25, 0.3) is 0 Å². The maximum absolute atomic E-state index is 5.48. The van der Waals surface area contributed by atoms with E-state index in [2.05, 4.69) is 34.1 Å². The van der Waals surface area contributed by atoms with Gasteiger partial charge in [-0.3, -0.25) is 14.6 Å². The van der Waals surface area contributed by atoms with Crippen LogP contribution < -0.4 is 5.32 Å². The molecule has 1 N–H and O–H groups in total. The average molecular weight is 348 g/mol. The van der Waals surface area contributed by atoms with Gasteiger partial charge in [0.05, 0.1) is 13.2 Å². The third-order valence-electron chi connectivity index (χ3n) is 4.97. The van der Waals surface area contributed by atoms with E-state index in [4.69, 9.17) is 9.73 Å². The van der Waals surface area contributed by atoms with E-state index in [1.807, 2.05) is 23.1 Å². The van der Waals surface area contributed by atoms with Crippen molar-refractivity contribution in [2.75, 3.05) is 52.5 Å². The number of likely N-dealkylation sites (tertiary alicyclic amines) is 1. The summed E-state index contributed by atoms with van der Waals surface area (Å²) in [5.74, 6) is 1.52. The van der Waals surface area contributed by atoms with Crippen LogP contribution in [0.4, 0.5) is 0 Å². The third kappa shape index (κ3) is 5.19. The molecule has 0 aliphatic carbocycles. The third-order valence-corrected chi connectivity index (χ3v) is 4.97. The number of guanidine groups is 1. The number of nitrogens with zero attached hydrogens (tertiary/aromatic N) is 5. The smallest absolute Gasteiger partial charge is 0.193 e. The van der Waals surface area contributed by atoms with Crippen LogP contribution >= 0.6 is 0 Å². The van der Waals surface area contributed by atoms with Crippen molar-refractivity contribution in [2.45, 2.75) is 32.9 Å². The maximum Gasteiger partial charge on any atom is 0.193 e. The molecule has 3 rings (SSSR count). The van der Waals surface area contributed by atoms with Gasteiger partial charge in [0.1, 0.15) is 0 Å². The molecule has 2 aliphatic rings. The monoisotopic (exact) mass is 348 g/mol. The topological polar surface area (TPSA) is 57.9 Å². The Bertz CT molecular complexity index is 526. The normalized spacial score (nSPS) is 23.8. The number of nitrogens with one attached hydrogen (secondary N) is 1. The molecule has 140 valence electrons. The average Bonchev–Trinajstić information content (AvgIpc) is 3.31. The first-order valence-electron chi connectivity index (χ1n) is 9.58. The number of rotatable bonds is 6. The van der Waals surface area contributed by atoms with Gasteiger partial charge >= 0.3 is 0 Å². The van der Waals surface area contributed by atoms with E-state index in [0.29, 0.717) is 12.0 Å². The van der Waals surface area contributed by atoms with Gasteiger partial charge in [-0.15, -0.1) is 0 Å². The number of hydrogen-bond acceptors (Lipinski definition) is 4. The first-order valence-corrected chi connectivity index (χ1v) is 9.58. The predicted octanol–water partition coefficient (Wildman–Crippen LogP) is 0.891. The number of ether oxygens (including phenoxy) is 1. The van der Waals surface area contributed by atoms with E-state index < -0.39 is 0 Å². The molecule has 0 aromatic carbocycles. The summed E-state index contributed by atoms with van der Waals surface area (Å²) >= 11 is 0. The molecule has 7 nitrogen and oxygen atoms in total. The summed E-state index contributed by atoms with van der Waals surface area (Å²) in [6.07, 6.45) is 5.06. The maximum atomic E-state index is 5.48. The van der Waals surface area contributed by atoms with Crippen LogP contribution in [0.5, 0.6) is 0 Å². The Kier molecular flexibility index (Phi) is 6.69. The molecule has 7 heteroatoms. The van der Waals surface area contributed by atoms with Crippen LogP contribution in [-0.2, 0) is 11.3 Å². The zero-order valence-electron chi connectivity index (χ0n) is 15.6. The Morgan fingerprint density at radius 3 is 2.92 bits per heavy atom. The molecular formula is C18H32N6O. The highest BCUT2D eigenvalue weighted by Gasteiger charge is 2.30. The summed E-state index contributed by atoms with van der Waals surface area (Å²) in [5, 5.41) is 7.76. The highest BCUT2D eigenvalue weighted by molar-refractivity contribution is 5.80. The van der Waals surface area contributed by atoms with Crippen molar-refractivity contribution < 1.29 is 4.74 Å². The number of aliphatic imine (C=N–C) groups is 1. The minimum absolute atomic E-state index is 0.464. The van der Waals surface area contributed by atoms with Gasteiger partial charge in [0, 0.05) is 64.2 Å². The molecule has 1 aromatic rings. The van der Waals surface area contributed by atoms with Crippen molar-refractivity contribution in [1.82, 2.24) is 24.9 Å². The van der Waals surface area contributed by atoms with E-state index in [9.17, 15) is 0 Å². The molecule has 0 amide bonds. The van der Waals surface area contributed by atoms with E-state index in [0.717, 1.165) is 65.0 Å². The Balaban J connectivity index is 1.53. The van der Waals surface area contributed by atoms with E-state index in [1.165, 1.54) is 6.42 Å². The van der Waals surface area contributed by atoms with Crippen molar-refractivity contribution >= 4 is 5.96 Å². The Labute approximate surface area is 151 Å². The lowest BCUT2D eigenvalue weighted by atomic mass is 10.2. The van der Waals surface area contributed by atoms with Gasteiger partial charge < -0.3 is 15.0 Å². The minimum atomic E-state index is 0.464. The van der Waals surface area contributed by atoms with Crippen LogP contribution in [0.3, 0.4) is 0 Å². The number of morpholine rings is 1. The molecule has 2 saturated heterocycles. The van der Waals surface area contributed by atoms with Gasteiger partial charge in [-0.2, -0.15) is 5.10 Å². The van der Waals surface area contributed by atoms with Crippen LogP contribution in [-0.4, -0.2) is 84.1 Å². The Morgan fingerprint density at radius 1 is 1.36 bits per heavy atom. The number of aromatic nitrogens is 2. The first kappa shape index (κ1) is 18.2. The second-order valence-electron chi connectivity index (χ2n) is 7.06. The summed E-state index contributed by atoms with van der Waals surface area (Å²) in [7, 11) is 0. The van der Waals surface area contributed by atoms with Crippen molar-refractivity contribution in [3.63, 3.8) is 0 Å². The molecule has 2 aliphatic heterocycles. The molecule has 0 spiro atoms. The molecule has 0 radical (unpaired) electrons. The lowest BCUT2D eigenvalue weighted by Crippen LogP contribution is -2.46. The highest BCUT2D eigenvalue weighted by atomic mass is 16.5. The fraction of sp³-hybridized carbons (Fsp3) is 0.778. The van der Waals surface area contributed by atoms with Gasteiger partial charge in [0.2, 0.25) is 0 Å². The minimum Gasteiger partial charge on any atom is -0.379 e. The summed E-state index contributed by atoms with van der Waals surface area (Å²) < 4.78 is 7.47. The molecule has 1 aromatic heterocycles. The summed E-state index contributed by atoms with van der Waals surface area (Å²) in [6, 6.07) is 2.60. The fourth-order valence-corrected chi connectivity index (χ4v) is 3.63. The second kappa shape index (κ2) is 9.20.